The van der Waals surface area contributed by atoms with Crippen molar-refractivity contribution >= 4 is 5.69 Å². The molecule has 0 amide bonds. The van der Waals surface area contributed by atoms with E-state index < -0.39 is 0 Å². The van der Waals surface area contributed by atoms with E-state index in [1.54, 1.807) is 36.2 Å². The van der Waals surface area contributed by atoms with Gasteiger partial charge < -0.3 is 14.6 Å². The molecule has 1 N–H and O–H groups in total. The smallest absolute Gasteiger partial charge is 0.250 e. The zero-order valence-electron chi connectivity index (χ0n) is 11.7. The average Bonchev–Trinajstić information content (AvgIpc) is 2.45. The van der Waals surface area contributed by atoms with Gasteiger partial charge in [0.1, 0.15) is 5.82 Å². The Balaban J connectivity index is 2.04. The van der Waals surface area contributed by atoms with E-state index >= 15 is 0 Å². The number of hydrogen-bond acceptors (Lipinski definition) is 5. The predicted molar refractivity (Wildman–Crippen MR) is 76.7 cm³/mol. The second kappa shape index (κ2) is 6.81. The fraction of sp³-hybridized carbons (Fsp3) is 0.357. The molecule has 106 valence electrons. The molecule has 0 aliphatic rings. The minimum atomic E-state index is -0.0366. The van der Waals surface area contributed by atoms with Crippen molar-refractivity contribution in [3.05, 3.63) is 52.5 Å². The molecule has 2 aromatic heterocycles. The lowest BCUT2D eigenvalue weighted by molar-refractivity contribution is 0.186. The molecular weight excluding hydrogens is 256 g/mol. The molecule has 2 aromatic rings. The fourth-order valence-electron chi connectivity index (χ4n) is 1.80. The topological polar surface area (TPSA) is 69.0 Å². The number of aromatic nitrogens is 3. The Kier molecular flexibility index (Phi) is 4.84. The van der Waals surface area contributed by atoms with Gasteiger partial charge in [-0.15, -0.1) is 0 Å². The Bertz CT molecular complexity index is 625. The van der Waals surface area contributed by atoms with E-state index in [1.165, 1.54) is 0 Å². The number of pyridine rings is 1. The van der Waals surface area contributed by atoms with Gasteiger partial charge in [-0.3, -0.25) is 4.79 Å². The molecule has 0 spiro atoms. The summed E-state index contributed by atoms with van der Waals surface area (Å²) in [5, 5.41) is 3.24. The SMILES string of the molecule is COCCn1cc(NCc2ccnc(C)n2)ccc1=O. The van der Waals surface area contributed by atoms with E-state index in [1.807, 2.05) is 13.0 Å². The molecule has 0 saturated heterocycles. The third-order valence-electron chi connectivity index (χ3n) is 2.83. The number of anilines is 1. The first kappa shape index (κ1) is 14.2. The minimum Gasteiger partial charge on any atom is -0.383 e. The maximum atomic E-state index is 11.7. The number of nitrogens with one attached hydrogen (secondary N) is 1. The standard InChI is InChI=1S/C14H18N4O2/c1-11-15-6-5-12(17-11)9-16-13-3-4-14(19)18(10-13)7-8-20-2/h3-6,10,16H,7-9H2,1-2H3. The molecule has 20 heavy (non-hydrogen) atoms. The number of aryl methyl sites for hydroxylation is 1. The Hall–Kier alpha value is -2.21. The zero-order chi connectivity index (χ0) is 14.4. The van der Waals surface area contributed by atoms with Crippen LogP contribution < -0.4 is 10.9 Å². The lowest BCUT2D eigenvalue weighted by Gasteiger charge is -2.10. The van der Waals surface area contributed by atoms with Crippen molar-refractivity contribution in [2.45, 2.75) is 20.0 Å². The van der Waals surface area contributed by atoms with E-state index in [9.17, 15) is 4.79 Å². The summed E-state index contributed by atoms with van der Waals surface area (Å²) in [6, 6.07) is 5.17. The molecule has 0 unspecified atom stereocenters. The highest BCUT2D eigenvalue weighted by Crippen LogP contribution is 2.06. The molecule has 0 bridgehead atoms. The minimum absolute atomic E-state index is 0.0366. The van der Waals surface area contributed by atoms with Gasteiger partial charge in [0.25, 0.3) is 5.56 Å². The van der Waals surface area contributed by atoms with Crippen LogP contribution in [0.1, 0.15) is 11.5 Å². The van der Waals surface area contributed by atoms with Crippen LogP contribution >= 0.6 is 0 Å². The predicted octanol–water partition coefficient (Wildman–Crippen LogP) is 1.21. The fourth-order valence-corrected chi connectivity index (χ4v) is 1.80. The maximum absolute atomic E-state index is 11.7. The molecular formula is C14H18N4O2. The third kappa shape index (κ3) is 3.89. The molecule has 2 heterocycles. The van der Waals surface area contributed by atoms with E-state index in [2.05, 4.69) is 15.3 Å². The van der Waals surface area contributed by atoms with Gasteiger partial charge in [0, 0.05) is 32.1 Å². The van der Waals surface area contributed by atoms with Crippen molar-refractivity contribution in [1.82, 2.24) is 14.5 Å². The summed E-state index contributed by atoms with van der Waals surface area (Å²) < 4.78 is 6.61. The van der Waals surface area contributed by atoms with Crippen LogP contribution in [0.5, 0.6) is 0 Å². The number of ether oxygens (including phenoxy) is 1. The summed E-state index contributed by atoms with van der Waals surface area (Å²) in [7, 11) is 1.62. The summed E-state index contributed by atoms with van der Waals surface area (Å²) in [5.41, 5.74) is 1.74. The van der Waals surface area contributed by atoms with Crippen molar-refractivity contribution < 1.29 is 4.74 Å². The average molecular weight is 274 g/mol. The van der Waals surface area contributed by atoms with E-state index in [0.717, 1.165) is 17.2 Å². The van der Waals surface area contributed by atoms with Crippen molar-refractivity contribution in [1.29, 1.82) is 0 Å². The molecule has 0 radical (unpaired) electrons. The van der Waals surface area contributed by atoms with Crippen molar-refractivity contribution in [2.75, 3.05) is 19.0 Å². The number of methoxy groups -OCH3 is 1. The molecule has 0 saturated carbocycles. The third-order valence-corrected chi connectivity index (χ3v) is 2.83. The number of hydrogen-bond donors (Lipinski definition) is 1. The zero-order valence-corrected chi connectivity index (χ0v) is 11.7. The van der Waals surface area contributed by atoms with Crippen molar-refractivity contribution in [3.63, 3.8) is 0 Å². The first-order valence-electron chi connectivity index (χ1n) is 6.41. The normalized spacial score (nSPS) is 10.5. The van der Waals surface area contributed by atoms with Crippen LogP contribution in [-0.2, 0) is 17.8 Å². The van der Waals surface area contributed by atoms with Crippen LogP contribution in [0.4, 0.5) is 5.69 Å². The van der Waals surface area contributed by atoms with Crippen molar-refractivity contribution in [2.24, 2.45) is 0 Å². The van der Waals surface area contributed by atoms with Gasteiger partial charge in [0.05, 0.1) is 24.5 Å². The van der Waals surface area contributed by atoms with Crippen molar-refractivity contribution in [3.8, 4) is 0 Å². The second-order valence-electron chi connectivity index (χ2n) is 4.39. The summed E-state index contributed by atoms with van der Waals surface area (Å²) in [5.74, 6) is 0.745. The first-order chi connectivity index (χ1) is 9.69. The van der Waals surface area contributed by atoms with E-state index in [-0.39, 0.29) is 5.56 Å². The van der Waals surface area contributed by atoms with Crippen LogP contribution in [0, 0.1) is 6.92 Å². The molecule has 6 heteroatoms. The van der Waals surface area contributed by atoms with E-state index in [0.29, 0.717) is 19.7 Å². The van der Waals surface area contributed by atoms with Gasteiger partial charge >= 0.3 is 0 Å². The van der Waals surface area contributed by atoms with Crippen LogP contribution in [-0.4, -0.2) is 28.3 Å². The van der Waals surface area contributed by atoms with Crippen LogP contribution in [0.25, 0.3) is 0 Å². The van der Waals surface area contributed by atoms with Crippen LogP contribution in [0.2, 0.25) is 0 Å². The quantitative estimate of drug-likeness (QED) is 0.857. The monoisotopic (exact) mass is 274 g/mol. The van der Waals surface area contributed by atoms with Gasteiger partial charge in [-0.25, -0.2) is 9.97 Å². The number of rotatable bonds is 6. The summed E-state index contributed by atoms with van der Waals surface area (Å²) in [6.07, 6.45) is 3.52. The lowest BCUT2D eigenvalue weighted by Crippen LogP contribution is -2.21. The van der Waals surface area contributed by atoms with Gasteiger partial charge in [-0.1, -0.05) is 0 Å². The highest BCUT2D eigenvalue weighted by Gasteiger charge is 2.00. The molecule has 0 fully saturated rings. The largest absolute Gasteiger partial charge is 0.383 e. The summed E-state index contributed by atoms with van der Waals surface area (Å²) in [6.45, 7) is 3.49. The van der Waals surface area contributed by atoms with Crippen LogP contribution in [0.3, 0.4) is 0 Å². The molecule has 0 atom stereocenters. The summed E-state index contributed by atoms with van der Waals surface area (Å²) >= 11 is 0. The van der Waals surface area contributed by atoms with E-state index in [4.69, 9.17) is 4.74 Å². The summed E-state index contributed by atoms with van der Waals surface area (Å²) in [4.78, 5) is 20.0. The lowest BCUT2D eigenvalue weighted by atomic mass is 10.3. The number of nitrogens with zero attached hydrogens (tertiary/aromatic N) is 3. The van der Waals surface area contributed by atoms with Gasteiger partial charge in [-0.2, -0.15) is 0 Å². The molecule has 0 aromatic carbocycles. The van der Waals surface area contributed by atoms with Gasteiger partial charge in [0.15, 0.2) is 0 Å². The molecule has 0 aliphatic carbocycles. The van der Waals surface area contributed by atoms with Gasteiger partial charge in [-0.05, 0) is 19.1 Å². The molecule has 0 aliphatic heterocycles. The highest BCUT2D eigenvalue weighted by molar-refractivity contribution is 5.40. The van der Waals surface area contributed by atoms with Gasteiger partial charge in [0.2, 0.25) is 0 Å². The second-order valence-corrected chi connectivity index (χ2v) is 4.39. The Morgan fingerprint density at radius 1 is 1.35 bits per heavy atom. The molecule has 6 nitrogen and oxygen atoms in total. The Morgan fingerprint density at radius 3 is 2.95 bits per heavy atom. The molecule has 2 rings (SSSR count). The highest BCUT2D eigenvalue weighted by atomic mass is 16.5. The Labute approximate surface area is 117 Å². The maximum Gasteiger partial charge on any atom is 0.250 e. The first-order valence-corrected chi connectivity index (χ1v) is 6.41. The Morgan fingerprint density at radius 2 is 2.20 bits per heavy atom. The van der Waals surface area contributed by atoms with Crippen LogP contribution in [0.15, 0.2) is 35.4 Å².